The zero-order valence-corrected chi connectivity index (χ0v) is 20.6. The Morgan fingerprint density at radius 3 is 2.24 bits per heavy atom. The van der Waals surface area contributed by atoms with Crippen molar-refractivity contribution in [2.45, 2.75) is 17.7 Å². The van der Waals surface area contributed by atoms with Crippen LogP contribution in [0.4, 0.5) is 5.69 Å². The van der Waals surface area contributed by atoms with E-state index >= 15 is 0 Å². The normalized spacial score (nSPS) is 14.2. The van der Waals surface area contributed by atoms with Gasteiger partial charge < -0.3 is 5.32 Å². The second-order valence-corrected chi connectivity index (χ2v) is 10.8. The van der Waals surface area contributed by atoms with Gasteiger partial charge in [0.1, 0.15) is 0 Å². The Labute approximate surface area is 205 Å². The molecule has 1 N–H and O–H groups in total. The van der Waals surface area contributed by atoms with Crippen molar-refractivity contribution in [1.29, 1.82) is 0 Å². The van der Waals surface area contributed by atoms with Crippen molar-refractivity contribution < 1.29 is 18.0 Å². The number of rotatable bonds is 6. The summed E-state index contributed by atoms with van der Waals surface area (Å²) in [5, 5.41) is 3.07. The summed E-state index contributed by atoms with van der Waals surface area (Å²) >= 11 is 9.55. The third kappa shape index (κ3) is 5.04. The Morgan fingerprint density at radius 2 is 1.58 bits per heavy atom. The van der Waals surface area contributed by atoms with Gasteiger partial charge in [-0.05, 0) is 67.4 Å². The number of ketones is 1. The van der Waals surface area contributed by atoms with Gasteiger partial charge in [0, 0.05) is 34.3 Å². The van der Waals surface area contributed by atoms with E-state index in [2.05, 4.69) is 21.2 Å². The molecule has 1 heterocycles. The van der Waals surface area contributed by atoms with E-state index in [4.69, 9.17) is 11.6 Å². The number of nitrogens with zero attached hydrogens (tertiary/aromatic N) is 1. The number of carbonyl (C=O) groups is 2. The molecular formula is C24H20BrClN2O4S. The minimum atomic E-state index is -3.56. The first-order valence-corrected chi connectivity index (χ1v) is 12.9. The van der Waals surface area contributed by atoms with Crippen molar-refractivity contribution >= 4 is 54.9 Å². The molecule has 9 heteroatoms. The first-order chi connectivity index (χ1) is 15.8. The van der Waals surface area contributed by atoms with E-state index in [0.717, 1.165) is 12.8 Å². The maximum atomic E-state index is 13.1. The monoisotopic (exact) mass is 546 g/mol. The largest absolute Gasteiger partial charge is 0.321 e. The van der Waals surface area contributed by atoms with Crippen LogP contribution in [0.1, 0.15) is 39.1 Å². The van der Waals surface area contributed by atoms with Gasteiger partial charge >= 0.3 is 0 Å². The molecule has 1 fully saturated rings. The zero-order valence-electron chi connectivity index (χ0n) is 17.4. The van der Waals surface area contributed by atoms with E-state index in [1.807, 2.05) is 0 Å². The number of nitrogens with one attached hydrogen (secondary N) is 1. The van der Waals surface area contributed by atoms with Gasteiger partial charge in [0.25, 0.3) is 5.91 Å². The molecule has 3 aromatic carbocycles. The lowest BCUT2D eigenvalue weighted by Crippen LogP contribution is -2.27. The average molecular weight is 548 g/mol. The summed E-state index contributed by atoms with van der Waals surface area (Å²) in [6.45, 7) is 1.02. The van der Waals surface area contributed by atoms with E-state index in [-0.39, 0.29) is 21.8 Å². The molecular weight excluding hydrogens is 528 g/mol. The van der Waals surface area contributed by atoms with Gasteiger partial charge in [0.2, 0.25) is 10.0 Å². The van der Waals surface area contributed by atoms with Crippen LogP contribution in [0.5, 0.6) is 0 Å². The molecule has 0 radical (unpaired) electrons. The fourth-order valence-corrected chi connectivity index (χ4v) is 5.75. The van der Waals surface area contributed by atoms with Crippen LogP contribution in [0.25, 0.3) is 0 Å². The van der Waals surface area contributed by atoms with Gasteiger partial charge in [-0.2, -0.15) is 4.31 Å². The second-order valence-electron chi connectivity index (χ2n) is 7.59. The molecule has 0 aliphatic carbocycles. The fraction of sp³-hybridized carbons (Fsp3) is 0.167. The maximum absolute atomic E-state index is 13.1. The highest BCUT2D eigenvalue weighted by Crippen LogP contribution is 2.27. The third-order valence-electron chi connectivity index (χ3n) is 5.41. The molecule has 0 unspecified atom stereocenters. The van der Waals surface area contributed by atoms with Crippen LogP contribution in [0, 0.1) is 0 Å². The molecule has 6 nitrogen and oxygen atoms in total. The topological polar surface area (TPSA) is 83.5 Å². The molecule has 0 atom stereocenters. The van der Waals surface area contributed by atoms with Crippen LogP contribution in [0.2, 0.25) is 5.02 Å². The number of hydrogen-bond donors (Lipinski definition) is 1. The highest BCUT2D eigenvalue weighted by atomic mass is 79.9. The van der Waals surface area contributed by atoms with Crippen molar-refractivity contribution in [1.82, 2.24) is 4.31 Å². The molecule has 0 spiro atoms. The Bertz CT molecular complexity index is 1320. The van der Waals surface area contributed by atoms with Crippen LogP contribution in [-0.4, -0.2) is 37.5 Å². The smallest absolute Gasteiger partial charge is 0.255 e. The lowest BCUT2D eigenvalue weighted by Gasteiger charge is -2.16. The van der Waals surface area contributed by atoms with Crippen molar-refractivity contribution in [2.75, 3.05) is 18.4 Å². The Hall–Kier alpha value is -2.52. The minimum absolute atomic E-state index is 0.152. The highest BCUT2D eigenvalue weighted by Gasteiger charge is 2.27. The average Bonchev–Trinajstić information content (AvgIpc) is 3.36. The number of sulfonamides is 1. The van der Waals surface area contributed by atoms with Crippen LogP contribution < -0.4 is 5.32 Å². The van der Waals surface area contributed by atoms with Crippen LogP contribution >= 0.6 is 27.5 Å². The van der Waals surface area contributed by atoms with E-state index in [9.17, 15) is 18.0 Å². The van der Waals surface area contributed by atoms with Gasteiger partial charge in [-0.25, -0.2) is 8.42 Å². The van der Waals surface area contributed by atoms with Crippen molar-refractivity contribution in [3.63, 3.8) is 0 Å². The molecule has 170 valence electrons. The highest BCUT2D eigenvalue weighted by molar-refractivity contribution is 9.10. The molecule has 33 heavy (non-hydrogen) atoms. The molecule has 4 rings (SSSR count). The predicted octanol–water partition coefficient (Wildman–Crippen LogP) is 5.37. The molecule has 0 bridgehead atoms. The number of amides is 1. The van der Waals surface area contributed by atoms with Crippen LogP contribution in [0.3, 0.4) is 0 Å². The summed E-state index contributed by atoms with van der Waals surface area (Å²) in [6.07, 6.45) is 1.70. The lowest BCUT2D eigenvalue weighted by molar-refractivity contribution is 0.102. The Balaban J connectivity index is 1.58. The molecule has 1 saturated heterocycles. The molecule has 3 aromatic rings. The fourth-order valence-electron chi connectivity index (χ4n) is 3.65. The number of hydrogen-bond acceptors (Lipinski definition) is 4. The molecule has 1 aliphatic rings. The van der Waals surface area contributed by atoms with Crippen LogP contribution in [-0.2, 0) is 10.0 Å². The first kappa shape index (κ1) is 23.6. The van der Waals surface area contributed by atoms with Gasteiger partial charge in [-0.1, -0.05) is 39.7 Å². The van der Waals surface area contributed by atoms with Crippen molar-refractivity contribution in [2.24, 2.45) is 0 Å². The number of halogens is 2. The van der Waals surface area contributed by atoms with E-state index in [1.54, 1.807) is 42.5 Å². The van der Waals surface area contributed by atoms with E-state index in [0.29, 0.717) is 33.8 Å². The van der Waals surface area contributed by atoms with Gasteiger partial charge in [0.05, 0.1) is 15.6 Å². The maximum Gasteiger partial charge on any atom is 0.255 e. The van der Waals surface area contributed by atoms with Gasteiger partial charge in [-0.15, -0.1) is 0 Å². The number of anilines is 1. The second kappa shape index (κ2) is 9.77. The van der Waals surface area contributed by atoms with E-state index in [1.165, 1.54) is 28.6 Å². The third-order valence-corrected chi connectivity index (χ3v) is 8.15. The standard InChI is InChI=1S/C24H20BrClN2O4S/c25-17-9-12-22(20(15-17)23(29)19-5-1-2-6-21(19)26)27-24(30)16-7-10-18(11-8-16)33(31,32)28-13-3-4-14-28/h1-2,5-12,15H,3-4,13-14H2,(H,27,30). The summed E-state index contributed by atoms with van der Waals surface area (Å²) in [5.41, 5.74) is 1.19. The van der Waals surface area contributed by atoms with Crippen molar-refractivity contribution in [3.8, 4) is 0 Å². The summed E-state index contributed by atoms with van der Waals surface area (Å²) in [6, 6.07) is 17.4. The number of carbonyl (C=O) groups excluding carboxylic acids is 2. The molecule has 0 saturated carbocycles. The summed E-state index contributed by atoms with van der Waals surface area (Å²) in [7, 11) is -3.56. The SMILES string of the molecule is O=C(Nc1ccc(Br)cc1C(=O)c1ccccc1Cl)c1ccc(S(=O)(=O)N2CCCC2)cc1. The van der Waals surface area contributed by atoms with Gasteiger partial charge in [-0.3, -0.25) is 9.59 Å². The van der Waals surface area contributed by atoms with Crippen molar-refractivity contribution in [3.05, 3.63) is 92.9 Å². The Morgan fingerprint density at radius 1 is 0.909 bits per heavy atom. The minimum Gasteiger partial charge on any atom is -0.321 e. The molecule has 0 aromatic heterocycles. The Kier molecular flexibility index (Phi) is 6.99. The summed E-state index contributed by atoms with van der Waals surface area (Å²) in [5.74, 6) is -0.792. The molecule has 1 aliphatic heterocycles. The lowest BCUT2D eigenvalue weighted by atomic mass is 10.0. The number of benzene rings is 3. The molecule has 1 amide bonds. The van der Waals surface area contributed by atoms with E-state index < -0.39 is 15.9 Å². The van der Waals surface area contributed by atoms with Gasteiger partial charge in [0.15, 0.2) is 5.78 Å². The summed E-state index contributed by atoms with van der Waals surface area (Å²) in [4.78, 5) is 26.1. The summed E-state index contributed by atoms with van der Waals surface area (Å²) < 4.78 is 27.5. The first-order valence-electron chi connectivity index (χ1n) is 10.3. The predicted molar refractivity (Wildman–Crippen MR) is 131 cm³/mol. The quantitative estimate of drug-likeness (QED) is 0.421. The zero-order chi connectivity index (χ0) is 23.6. The van der Waals surface area contributed by atoms with Crippen LogP contribution in [0.15, 0.2) is 76.1 Å².